The Labute approximate surface area is 197 Å². The number of aromatic nitrogens is 2. The number of nitrogens with two attached hydrogens (primary N) is 1. The Hall–Kier alpha value is -3.13. The molecule has 10 nitrogen and oxygen atoms in total. The van der Waals surface area contributed by atoms with Crippen molar-refractivity contribution in [3.05, 3.63) is 65.6 Å². The topological polar surface area (TPSA) is 156 Å². The highest BCUT2D eigenvalue weighted by molar-refractivity contribution is 7.89. The standard InChI is InChI=1S/C21H25FN6O4S2/c1-4-33(29,30)28-14(3)15-6-9-16(10-7-15)25-20-18(22)12-24-21(27-20)26-17-8-5-13(2)19(11-17)34(23,31)32/h5-12,14,28H,4H2,1-3H3,(H2,23,31,32)(H2,24,25,26,27)/t14-/m1/s1. The summed E-state index contributed by atoms with van der Waals surface area (Å²) in [5.41, 5.74) is 2.10. The van der Waals surface area contributed by atoms with Crippen LogP contribution in [0.2, 0.25) is 0 Å². The molecule has 0 saturated carbocycles. The van der Waals surface area contributed by atoms with Gasteiger partial charge >= 0.3 is 0 Å². The maximum absolute atomic E-state index is 14.3. The van der Waals surface area contributed by atoms with Crippen LogP contribution in [-0.4, -0.2) is 32.6 Å². The number of rotatable bonds is 9. The van der Waals surface area contributed by atoms with Gasteiger partial charge in [-0.15, -0.1) is 0 Å². The van der Waals surface area contributed by atoms with Crippen molar-refractivity contribution in [1.82, 2.24) is 14.7 Å². The molecule has 0 spiro atoms. The van der Waals surface area contributed by atoms with Crippen molar-refractivity contribution in [2.45, 2.75) is 31.7 Å². The first-order valence-electron chi connectivity index (χ1n) is 10.2. The van der Waals surface area contributed by atoms with Crippen molar-refractivity contribution < 1.29 is 21.2 Å². The number of aryl methyl sites for hydroxylation is 1. The molecule has 0 aliphatic rings. The molecule has 3 rings (SSSR count). The van der Waals surface area contributed by atoms with Crippen LogP contribution in [0.3, 0.4) is 0 Å². The van der Waals surface area contributed by atoms with Gasteiger partial charge in [0, 0.05) is 17.4 Å². The second-order valence-electron chi connectivity index (χ2n) is 7.53. The molecule has 0 saturated heterocycles. The van der Waals surface area contributed by atoms with Crippen LogP contribution in [-0.2, 0) is 20.0 Å². The van der Waals surface area contributed by atoms with Gasteiger partial charge in [-0.1, -0.05) is 18.2 Å². The van der Waals surface area contributed by atoms with Crippen molar-refractivity contribution in [1.29, 1.82) is 0 Å². The van der Waals surface area contributed by atoms with Crippen LogP contribution in [0.4, 0.5) is 27.5 Å². The van der Waals surface area contributed by atoms with Gasteiger partial charge in [0.05, 0.1) is 16.8 Å². The third kappa shape index (κ3) is 6.47. The molecule has 3 aromatic rings. The van der Waals surface area contributed by atoms with Crippen LogP contribution in [0, 0.1) is 12.7 Å². The summed E-state index contributed by atoms with van der Waals surface area (Å²) in [5, 5.41) is 10.9. The normalized spacial score (nSPS) is 12.9. The minimum absolute atomic E-state index is 0.0216. The molecule has 0 aliphatic carbocycles. The molecular formula is C21H25FN6O4S2. The predicted molar refractivity (Wildman–Crippen MR) is 129 cm³/mol. The predicted octanol–water partition coefficient (Wildman–Crippen LogP) is 3.06. The molecule has 0 amide bonds. The van der Waals surface area contributed by atoms with E-state index in [1.165, 1.54) is 6.07 Å². The first-order chi connectivity index (χ1) is 15.9. The van der Waals surface area contributed by atoms with Gasteiger partial charge < -0.3 is 10.6 Å². The summed E-state index contributed by atoms with van der Waals surface area (Å²) in [6.07, 6.45) is 0.975. The molecular weight excluding hydrogens is 483 g/mol. The van der Waals surface area contributed by atoms with Crippen molar-refractivity contribution in [2.75, 3.05) is 16.4 Å². The fourth-order valence-electron chi connectivity index (χ4n) is 3.04. The SMILES string of the molecule is CCS(=O)(=O)N[C@H](C)c1ccc(Nc2nc(Nc3ccc(C)c(S(N)(=O)=O)c3)ncc2F)cc1. The van der Waals surface area contributed by atoms with E-state index in [0.29, 0.717) is 16.9 Å². The lowest BCUT2D eigenvalue weighted by Gasteiger charge is -2.15. The fourth-order valence-corrected chi connectivity index (χ4v) is 4.69. The Bertz CT molecular complexity index is 1400. The minimum Gasteiger partial charge on any atom is -0.338 e. The van der Waals surface area contributed by atoms with E-state index < -0.39 is 31.9 Å². The largest absolute Gasteiger partial charge is 0.338 e. The van der Waals surface area contributed by atoms with Gasteiger partial charge in [-0.2, -0.15) is 4.98 Å². The molecule has 5 N–H and O–H groups in total. The maximum atomic E-state index is 14.3. The quantitative estimate of drug-likeness (QED) is 0.344. The summed E-state index contributed by atoms with van der Waals surface area (Å²) in [4.78, 5) is 7.95. The van der Waals surface area contributed by atoms with Crippen molar-refractivity contribution in [2.24, 2.45) is 5.14 Å². The molecule has 2 aromatic carbocycles. The van der Waals surface area contributed by atoms with Gasteiger partial charge in [0.25, 0.3) is 0 Å². The van der Waals surface area contributed by atoms with E-state index in [0.717, 1.165) is 11.8 Å². The van der Waals surface area contributed by atoms with E-state index in [9.17, 15) is 21.2 Å². The van der Waals surface area contributed by atoms with Gasteiger partial charge in [-0.25, -0.2) is 36.1 Å². The zero-order valence-electron chi connectivity index (χ0n) is 18.7. The smallest absolute Gasteiger partial charge is 0.238 e. The van der Waals surface area contributed by atoms with Gasteiger partial charge in [0.2, 0.25) is 26.0 Å². The van der Waals surface area contributed by atoms with E-state index in [-0.39, 0.29) is 22.4 Å². The number of sulfonamides is 2. The summed E-state index contributed by atoms with van der Waals surface area (Å²) in [6, 6.07) is 10.9. The van der Waals surface area contributed by atoms with Crippen molar-refractivity contribution in [3.63, 3.8) is 0 Å². The summed E-state index contributed by atoms with van der Waals surface area (Å²) in [7, 11) is -7.27. The molecule has 182 valence electrons. The molecule has 13 heteroatoms. The summed E-state index contributed by atoms with van der Waals surface area (Å²) in [6.45, 7) is 4.90. The number of nitrogens with zero attached hydrogens (tertiary/aromatic N) is 2. The lowest BCUT2D eigenvalue weighted by Crippen LogP contribution is -2.28. The van der Waals surface area contributed by atoms with E-state index in [2.05, 4.69) is 25.3 Å². The molecule has 0 bridgehead atoms. The van der Waals surface area contributed by atoms with Crippen molar-refractivity contribution in [3.8, 4) is 0 Å². The first-order valence-corrected chi connectivity index (χ1v) is 13.4. The lowest BCUT2D eigenvalue weighted by molar-refractivity contribution is 0.568. The second kappa shape index (κ2) is 10.0. The Morgan fingerprint density at radius 1 is 1.03 bits per heavy atom. The number of primary sulfonamides is 1. The number of halogens is 1. The number of anilines is 4. The monoisotopic (exact) mass is 508 g/mol. The average Bonchev–Trinajstić information content (AvgIpc) is 2.77. The number of benzene rings is 2. The van der Waals surface area contributed by atoms with E-state index in [1.54, 1.807) is 57.2 Å². The van der Waals surface area contributed by atoms with Gasteiger partial charge in [-0.05, 0) is 56.2 Å². The molecule has 0 aliphatic heterocycles. The highest BCUT2D eigenvalue weighted by Crippen LogP contribution is 2.24. The number of hydrogen-bond donors (Lipinski definition) is 4. The zero-order valence-corrected chi connectivity index (χ0v) is 20.3. The maximum Gasteiger partial charge on any atom is 0.238 e. The average molecular weight is 509 g/mol. The van der Waals surface area contributed by atoms with Crippen LogP contribution in [0.1, 0.15) is 31.0 Å². The van der Waals surface area contributed by atoms with Crippen LogP contribution in [0.25, 0.3) is 0 Å². The number of nitrogens with one attached hydrogen (secondary N) is 3. The van der Waals surface area contributed by atoms with E-state index >= 15 is 0 Å². The zero-order chi connectivity index (χ0) is 25.1. The lowest BCUT2D eigenvalue weighted by atomic mass is 10.1. The summed E-state index contributed by atoms with van der Waals surface area (Å²) in [5.74, 6) is -0.796. The van der Waals surface area contributed by atoms with Crippen LogP contribution in [0.5, 0.6) is 0 Å². The van der Waals surface area contributed by atoms with Crippen molar-refractivity contribution >= 4 is 43.2 Å². The summed E-state index contributed by atoms with van der Waals surface area (Å²) < 4.78 is 63.9. The van der Waals surface area contributed by atoms with Gasteiger partial charge in [-0.3, -0.25) is 0 Å². The third-order valence-corrected chi connectivity index (χ3v) is 7.43. The molecule has 1 atom stereocenters. The number of hydrogen-bond acceptors (Lipinski definition) is 8. The Kier molecular flexibility index (Phi) is 7.51. The Morgan fingerprint density at radius 2 is 1.68 bits per heavy atom. The molecule has 0 fully saturated rings. The fraction of sp³-hybridized carbons (Fsp3) is 0.238. The molecule has 34 heavy (non-hydrogen) atoms. The van der Waals surface area contributed by atoms with Gasteiger partial charge in [0.15, 0.2) is 11.6 Å². The van der Waals surface area contributed by atoms with Gasteiger partial charge in [0.1, 0.15) is 0 Å². The third-order valence-electron chi connectivity index (χ3n) is 4.90. The second-order valence-corrected chi connectivity index (χ2v) is 11.1. The highest BCUT2D eigenvalue weighted by atomic mass is 32.2. The van der Waals surface area contributed by atoms with Crippen LogP contribution < -0.4 is 20.5 Å². The van der Waals surface area contributed by atoms with Crippen LogP contribution >= 0.6 is 0 Å². The molecule has 1 heterocycles. The van der Waals surface area contributed by atoms with E-state index in [1.807, 2.05) is 0 Å². The molecule has 0 radical (unpaired) electrons. The summed E-state index contributed by atoms with van der Waals surface area (Å²) >= 11 is 0. The first kappa shape index (κ1) is 25.5. The Balaban J connectivity index is 1.77. The molecule has 0 unspecified atom stereocenters. The van der Waals surface area contributed by atoms with E-state index in [4.69, 9.17) is 5.14 Å². The van der Waals surface area contributed by atoms with Crippen LogP contribution in [0.15, 0.2) is 53.6 Å². The minimum atomic E-state index is -3.92. The molecule has 1 aromatic heterocycles. The highest BCUT2D eigenvalue weighted by Gasteiger charge is 2.15. The Morgan fingerprint density at radius 3 is 2.29 bits per heavy atom.